The number of halogens is 1. The van der Waals surface area contributed by atoms with Crippen molar-refractivity contribution in [3.05, 3.63) is 71.5 Å². The quantitative estimate of drug-likeness (QED) is 0.509. The van der Waals surface area contributed by atoms with Gasteiger partial charge in [-0.15, -0.1) is 0 Å². The molecule has 2 aromatic carbocycles. The second kappa shape index (κ2) is 10.4. The van der Waals surface area contributed by atoms with Gasteiger partial charge in [0, 0.05) is 37.9 Å². The minimum atomic E-state index is -0.438. The Morgan fingerprint density at radius 3 is 2.62 bits per heavy atom. The van der Waals surface area contributed by atoms with E-state index in [1.54, 1.807) is 24.1 Å². The molecule has 1 amide bonds. The molecule has 0 N–H and O–H groups in total. The third kappa shape index (κ3) is 4.99. The molecule has 0 saturated carbocycles. The lowest BCUT2D eigenvalue weighted by Crippen LogP contribution is -2.35. The lowest BCUT2D eigenvalue weighted by Gasteiger charge is -2.28. The zero-order valence-corrected chi connectivity index (χ0v) is 18.3. The van der Waals surface area contributed by atoms with Gasteiger partial charge < -0.3 is 19.1 Å². The summed E-state index contributed by atoms with van der Waals surface area (Å²) in [5.74, 6) is 0.0101. The highest BCUT2D eigenvalue weighted by Crippen LogP contribution is 2.34. The van der Waals surface area contributed by atoms with Crippen LogP contribution in [-0.2, 0) is 11.3 Å². The van der Waals surface area contributed by atoms with E-state index in [9.17, 15) is 9.18 Å². The smallest absolute Gasteiger partial charge is 0.254 e. The van der Waals surface area contributed by atoms with Crippen LogP contribution in [0.3, 0.4) is 0 Å². The number of rotatable bonds is 8. The maximum Gasteiger partial charge on any atom is 0.254 e. The molecule has 0 aliphatic carbocycles. The van der Waals surface area contributed by atoms with E-state index in [4.69, 9.17) is 9.26 Å². The summed E-state index contributed by atoms with van der Waals surface area (Å²) < 4.78 is 24.9. The summed E-state index contributed by atoms with van der Waals surface area (Å²) in [5, 5.41) is 4.40. The van der Waals surface area contributed by atoms with Crippen molar-refractivity contribution in [2.24, 2.45) is 0 Å². The van der Waals surface area contributed by atoms with E-state index >= 15 is 0 Å². The summed E-state index contributed by atoms with van der Waals surface area (Å²) in [5.41, 5.74) is 2.82. The van der Waals surface area contributed by atoms with Gasteiger partial charge in [-0.2, -0.15) is 0 Å². The highest BCUT2D eigenvalue weighted by atomic mass is 19.1. The molecular weight excluding hydrogens is 409 g/mol. The molecule has 7 heteroatoms. The Morgan fingerprint density at radius 2 is 1.91 bits per heavy atom. The number of ether oxygens (including phenoxy) is 1. The maximum absolute atomic E-state index is 13.8. The van der Waals surface area contributed by atoms with Crippen LogP contribution < -0.4 is 4.90 Å². The molecule has 0 unspecified atom stereocenters. The molecule has 168 valence electrons. The Morgan fingerprint density at radius 1 is 1.12 bits per heavy atom. The number of benzene rings is 2. The van der Waals surface area contributed by atoms with E-state index in [2.05, 4.69) is 10.1 Å². The van der Waals surface area contributed by atoms with Crippen LogP contribution in [0.1, 0.15) is 35.2 Å². The van der Waals surface area contributed by atoms with Crippen LogP contribution >= 0.6 is 0 Å². The molecule has 0 bridgehead atoms. The summed E-state index contributed by atoms with van der Waals surface area (Å²) in [6.45, 7) is 2.81. The molecule has 1 aliphatic heterocycles. The number of hydrogen-bond donors (Lipinski definition) is 0. The molecule has 1 fully saturated rings. The fourth-order valence-electron chi connectivity index (χ4n) is 4.06. The van der Waals surface area contributed by atoms with Gasteiger partial charge in [0.2, 0.25) is 5.88 Å². The second-order valence-corrected chi connectivity index (χ2v) is 7.96. The molecule has 1 aliphatic rings. The van der Waals surface area contributed by atoms with Gasteiger partial charge in [-0.05, 0) is 37.5 Å². The van der Waals surface area contributed by atoms with Crippen LogP contribution in [0.25, 0.3) is 11.3 Å². The summed E-state index contributed by atoms with van der Waals surface area (Å²) >= 11 is 0. The Hall–Kier alpha value is -3.19. The molecule has 3 aromatic rings. The predicted molar refractivity (Wildman–Crippen MR) is 121 cm³/mol. The SMILES string of the molecule is COCCN(Cc1c(-c2ccccc2)noc1N1CCCCC1)C(=O)c1cccc(F)c1. The van der Waals surface area contributed by atoms with E-state index in [-0.39, 0.29) is 12.5 Å². The van der Waals surface area contributed by atoms with Crippen molar-refractivity contribution in [2.75, 3.05) is 38.3 Å². The van der Waals surface area contributed by atoms with Crippen LogP contribution in [0.15, 0.2) is 59.1 Å². The molecule has 1 aromatic heterocycles. The van der Waals surface area contributed by atoms with Gasteiger partial charge in [0.05, 0.1) is 18.7 Å². The van der Waals surface area contributed by atoms with Gasteiger partial charge in [-0.25, -0.2) is 4.39 Å². The Kier molecular flexibility index (Phi) is 7.17. The Labute approximate surface area is 187 Å². The predicted octanol–water partition coefficient (Wildman–Crippen LogP) is 4.76. The number of aromatic nitrogens is 1. The first kappa shape index (κ1) is 22.0. The van der Waals surface area contributed by atoms with E-state index < -0.39 is 5.82 Å². The fourth-order valence-corrected chi connectivity index (χ4v) is 4.06. The van der Waals surface area contributed by atoms with Gasteiger partial charge in [0.15, 0.2) is 0 Å². The number of anilines is 1. The molecule has 0 atom stereocenters. The summed E-state index contributed by atoms with van der Waals surface area (Å²) in [6, 6.07) is 15.6. The second-order valence-electron chi connectivity index (χ2n) is 7.96. The number of carbonyl (C=O) groups is 1. The van der Waals surface area contributed by atoms with Gasteiger partial charge in [-0.1, -0.05) is 41.6 Å². The largest absolute Gasteiger partial charge is 0.383 e. The average molecular weight is 438 g/mol. The summed E-state index contributed by atoms with van der Waals surface area (Å²) in [4.78, 5) is 17.2. The first-order valence-corrected chi connectivity index (χ1v) is 11.0. The number of methoxy groups -OCH3 is 1. The minimum absolute atomic E-state index is 0.258. The highest BCUT2D eigenvalue weighted by Gasteiger charge is 2.27. The minimum Gasteiger partial charge on any atom is -0.383 e. The zero-order valence-electron chi connectivity index (χ0n) is 18.3. The van der Waals surface area contributed by atoms with Crippen molar-refractivity contribution < 1.29 is 18.4 Å². The molecule has 2 heterocycles. The number of carbonyl (C=O) groups excluding carboxylic acids is 1. The Balaban J connectivity index is 1.71. The first-order valence-electron chi connectivity index (χ1n) is 11.0. The molecule has 1 saturated heterocycles. The summed E-state index contributed by atoms with van der Waals surface area (Å²) in [7, 11) is 1.60. The van der Waals surface area contributed by atoms with Gasteiger partial charge in [-0.3, -0.25) is 4.79 Å². The monoisotopic (exact) mass is 437 g/mol. The van der Waals surface area contributed by atoms with Crippen molar-refractivity contribution in [1.82, 2.24) is 10.1 Å². The van der Waals surface area contributed by atoms with E-state index in [0.29, 0.717) is 24.6 Å². The molecule has 4 rings (SSSR count). The lowest BCUT2D eigenvalue weighted by molar-refractivity contribution is 0.0680. The molecule has 6 nitrogen and oxygen atoms in total. The van der Waals surface area contributed by atoms with Crippen molar-refractivity contribution in [3.63, 3.8) is 0 Å². The van der Waals surface area contributed by atoms with Crippen molar-refractivity contribution in [2.45, 2.75) is 25.8 Å². The number of hydrogen-bond acceptors (Lipinski definition) is 5. The van der Waals surface area contributed by atoms with E-state index in [0.717, 1.165) is 42.8 Å². The third-order valence-electron chi connectivity index (χ3n) is 5.73. The topological polar surface area (TPSA) is 58.8 Å². The number of amides is 1. The zero-order chi connectivity index (χ0) is 22.3. The third-order valence-corrected chi connectivity index (χ3v) is 5.73. The molecule has 32 heavy (non-hydrogen) atoms. The highest BCUT2D eigenvalue weighted by molar-refractivity contribution is 5.94. The van der Waals surface area contributed by atoms with Crippen molar-refractivity contribution >= 4 is 11.8 Å². The molecule has 0 radical (unpaired) electrons. The molecular formula is C25H28FN3O3. The van der Waals surface area contributed by atoms with Gasteiger partial charge in [0.25, 0.3) is 5.91 Å². The number of nitrogens with zero attached hydrogens (tertiary/aromatic N) is 3. The van der Waals surface area contributed by atoms with Crippen LogP contribution in [0, 0.1) is 5.82 Å². The van der Waals surface area contributed by atoms with Crippen LogP contribution in [0.2, 0.25) is 0 Å². The average Bonchev–Trinajstić information content (AvgIpc) is 3.26. The standard InChI is InChI=1S/C25H28FN3O3/c1-31-16-15-29(24(30)20-11-8-12-21(26)17-20)18-22-23(19-9-4-2-5-10-19)27-32-25(22)28-13-6-3-7-14-28/h2,4-5,8-12,17H,3,6-7,13-16,18H2,1H3. The van der Waals surface area contributed by atoms with Crippen LogP contribution in [0.5, 0.6) is 0 Å². The van der Waals surface area contributed by atoms with Crippen molar-refractivity contribution in [3.8, 4) is 11.3 Å². The maximum atomic E-state index is 13.8. The van der Waals surface area contributed by atoms with Crippen LogP contribution in [-0.4, -0.2) is 49.3 Å². The summed E-state index contributed by atoms with van der Waals surface area (Å²) in [6.07, 6.45) is 3.39. The van der Waals surface area contributed by atoms with Crippen LogP contribution in [0.4, 0.5) is 10.3 Å². The Bertz CT molecular complexity index is 1030. The molecule has 0 spiro atoms. The first-order chi connectivity index (χ1) is 15.7. The van der Waals surface area contributed by atoms with E-state index in [1.807, 2.05) is 30.3 Å². The fraction of sp³-hybridized carbons (Fsp3) is 0.360. The lowest BCUT2D eigenvalue weighted by atomic mass is 10.0. The number of piperidine rings is 1. The van der Waals surface area contributed by atoms with Crippen molar-refractivity contribution in [1.29, 1.82) is 0 Å². The van der Waals surface area contributed by atoms with Gasteiger partial charge in [0.1, 0.15) is 11.5 Å². The normalized spacial score (nSPS) is 13.9. The van der Waals surface area contributed by atoms with Gasteiger partial charge >= 0.3 is 0 Å². The van der Waals surface area contributed by atoms with E-state index in [1.165, 1.54) is 18.6 Å².